The van der Waals surface area contributed by atoms with E-state index in [1.165, 1.54) is 0 Å². The lowest BCUT2D eigenvalue weighted by molar-refractivity contribution is -0.150. The summed E-state index contributed by atoms with van der Waals surface area (Å²) in [4.78, 5) is 20.4. The van der Waals surface area contributed by atoms with Crippen LogP contribution in [0.25, 0.3) is 11.0 Å². The Hall–Kier alpha value is -2.11. The van der Waals surface area contributed by atoms with E-state index in [0.717, 1.165) is 30.3 Å². The monoisotopic (exact) mass is 288 g/mol. The molecule has 21 heavy (non-hydrogen) atoms. The van der Waals surface area contributed by atoms with Crippen molar-refractivity contribution in [2.75, 3.05) is 5.32 Å². The van der Waals surface area contributed by atoms with Crippen LogP contribution in [0.5, 0.6) is 0 Å². The van der Waals surface area contributed by atoms with E-state index in [1.807, 2.05) is 24.6 Å². The second kappa shape index (κ2) is 5.02. The van der Waals surface area contributed by atoms with Crippen molar-refractivity contribution in [1.82, 2.24) is 14.5 Å². The van der Waals surface area contributed by atoms with Crippen molar-refractivity contribution >= 4 is 22.8 Å². The van der Waals surface area contributed by atoms with Crippen molar-refractivity contribution in [3.63, 3.8) is 0 Å². The number of anilines is 1. The molecule has 1 aliphatic carbocycles. The Balaban J connectivity index is 1.95. The number of aryl methyl sites for hydroxylation is 1. The van der Waals surface area contributed by atoms with Crippen LogP contribution in [0.15, 0.2) is 18.6 Å². The van der Waals surface area contributed by atoms with Gasteiger partial charge in [0.25, 0.3) is 0 Å². The first-order chi connectivity index (χ1) is 10.0. The summed E-state index contributed by atoms with van der Waals surface area (Å²) in [5.41, 5.74) is 1.02. The summed E-state index contributed by atoms with van der Waals surface area (Å²) in [6.45, 7) is 1.82. The predicted molar refractivity (Wildman–Crippen MR) is 80.1 cm³/mol. The van der Waals surface area contributed by atoms with Gasteiger partial charge >= 0.3 is 5.97 Å². The summed E-state index contributed by atoms with van der Waals surface area (Å²) < 4.78 is 1.93. The third-order valence-electron chi connectivity index (χ3n) is 4.65. The van der Waals surface area contributed by atoms with Gasteiger partial charge in [0.2, 0.25) is 0 Å². The van der Waals surface area contributed by atoms with Crippen molar-refractivity contribution in [3.05, 3.63) is 18.6 Å². The number of rotatable bonds is 3. The van der Waals surface area contributed by atoms with Crippen molar-refractivity contribution in [2.24, 2.45) is 12.5 Å². The van der Waals surface area contributed by atoms with E-state index in [9.17, 15) is 9.90 Å². The van der Waals surface area contributed by atoms with E-state index in [0.29, 0.717) is 12.2 Å². The topological polar surface area (TPSA) is 80.0 Å². The van der Waals surface area contributed by atoms with Gasteiger partial charge in [0.05, 0.1) is 17.3 Å². The average Bonchev–Trinajstić information content (AvgIpc) is 2.84. The van der Waals surface area contributed by atoms with Crippen LogP contribution in [0.2, 0.25) is 0 Å². The maximum Gasteiger partial charge on any atom is 0.311 e. The lowest BCUT2D eigenvalue weighted by Gasteiger charge is -2.38. The van der Waals surface area contributed by atoms with Crippen molar-refractivity contribution in [1.29, 1.82) is 0 Å². The van der Waals surface area contributed by atoms with Crippen molar-refractivity contribution < 1.29 is 9.90 Å². The van der Waals surface area contributed by atoms with Gasteiger partial charge in [-0.1, -0.05) is 12.8 Å². The second-order valence-corrected chi connectivity index (χ2v) is 6.05. The lowest BCUT2D eigenvalue weighted by Crippen LogP contribution is -2.46. The zero-order valence-corrected chi connectivity index (χ0v) is 12.3. The number of carboxylic acid groups (broad SMARTS) is 1. The number of aliphatic carboxylic acids is 1. The first-order valence-corrected chi connectivity index (χ1v) is 7.28. The minimum Gasteiger partial charge on any atom is -0.481 e. The highest BCUT2D eigenvalue weighted by molar-refractivity contribution is 5.86. The smallest absolute Gasteiger partial charge is 0.311 e. The largest absolute Gasteiger partial charge is 0.481 e. The zero-order chi connectivity index (χ0) is 15.0. The molecule has 2 N–H and O–H groups in total. The van der Waals surface area contributed by atoms with Gasteiger partial charge in [0, 0.05) is 19.3 Å². The maximum atomic E-state index is 11.7. The zero-order valence-electron chi connectivity index (χ0n) is 12.3. The average molecular weight is 288 g/mol. The van der Waals surface area contributed by atoms with Crippen LogP contribution in [0, 0.1) is 5.41 Å². The SMILES string of the molecule is Cn1cnc2c(NC3CCCCC3(C)C(=O)O)nccc21. The Morgan fingerprint density at radius 2 is 2.29 bits per heavy atom. The molecule has 112 valence electrons. The van der Waals surface area contributed by atoms with Crippen LogP contribution < -0.4 is 5.32 Å². The fourth-order valence-electron chi connectivity index (χ4n) is 3.15. The van der Waals surface area contributed by atoms with E-state index in [4.69, 9.17) is 0 Å². The minimum atomic E-state index is -0.753. The van der Waals surface area contributed by atoms with Crippen molar-refractivity contribution in [3.8, 4) is 0 Å². The maximum absolute atomic E-state index is 11.7. The highest BCUT2D eigenvalue weighted by Crippen LogP contribution is 2.38. The highest BCUT2D eigenvalue weighted by Gasteiger charge is 2.43. The van der Waals surface area contributed by atoms with Gasteiger partial charge in [-0.05, 0) is 25.8 Å². The Kier molecular flexibility index (Phi) is 3.31. The molecule has 2 aromatic heterocycles. The third kappa shape index (κ3) is 2.24. The molecule has 0 amide bonds. The first kappa shape index (κ1) is 13.9. The Labute approximate surface area is 123 Å². The number of nitrogens with zero attached hydrogens (tertiary/aromatic N) is 3. The summed E-state index contributed by atoms with van der Waals surface area (Å²) in [6, 6.07) is 1.79. The molecular weight excluding hydrogens is 268 g/mol. The molecule has 1 fully saturated rings. The molecule has 2 heterocycles. The van der Waals surface area contributed by atoms with E-state index in [-0.39, 0.29) is 6.04 Å². The molecule has 0 aromatic carbocycles. The lowest BCUT2D eigenvalue weighted by atomic mass is 9.71. The van der Waals surface area contributed by atoms with E-state index >= 15 is 0 Å². The van der Waals surface area contributed by atoms with Crippen molar-refractivity contribution in [2.45, 2.75) is 38.6 Å². The number of pyridine rings is 1. The van der Waals surface area contributed by atoms with Gasteiger partial charge in [-0.25, -0.2) is 9.97 Å². The fraction of sp³-hybridized carbons (Fsp3) is 0.533. The van der Waals surface area contributed by atoms with Gasteiger partial charge in [0.15, 0.2) is 5.82 Å². The first-order valence-electron chi connectivity index (χ1n) is 7.28. The van der Waals surface area contributed by atoms with Crippen LogP contribution in [-0.4, -0.2) is 31.7 Å². The van der Waals surface area contributed by atoms with E-state index in [1.54, 1.807) is 12.5 Å². The molecular formula is C15H20N4O2. The standard InChI is InChI=1S/C15H20N4O2/c1-15(14(20)21)7-4-3-5-11(15)18-13-12-10(6-8-16-13)19(2)9-17-12/h6,8-9,11H,3-5,7H2,1-2H3,(H,16,18)(H,20,21). The van der Waals surface area contributed by atoms with E-state index in [2.05, 4.69) is 15.3 Å². The van der Waals surface area contributed by atoms with Crippen LogP contribution in [0.3, 0.4) is 0 Å². The molecule has 6 nitrogen and oxygen atoms in total. The molecule has 0 saturated heterocycles. The quantitative estimate of drug-likeness (QED) is 0.906. The Bertz CT molecular complexity index is 681. The molecule has 0 spiro atoms. The van der Waals surface area contributed by atoms with Gasteiger partial charge in [-0.2, -0.15) is 0 Å². The molecule has 6 heteroatoms. The van der Waals surface area contributed by atoms with E-state index < -0.39 is 11.4 Å². The summed E-state index contributed by atoms with van der Waals surface area (Å²) >= 11 is 0. The van der Waals surface area contributed by atoms with Gasteiger partial charge in [-0.15, -0.1) is 0 Å². The number of carbonyl (C=O) groups is 1. The molecule has 0 bridgehead atoms. The summed E-state index contributed by atoms with van der Waals surface area (Å²) in [6.07, 6.45) is 7.01. The number of fused-ring (bicyclic) bond motifs is 1. The summed E-state index contributed by atoms with van der Waals surface area (Å²) in [5, 5.41) is 12.9. The molecule has 2 unspecified atom stereocenters. The van der Waals surface area contributed by atoms with Crippen LogP contribution in [-0.2, 0) is 11.8 Å². The molecule has 2 aromatic rings. The van der Waals surface area contributed by atoms with Crippen LogP contribution in [0.4, 0.5) is 5.82 Å². The van der Waals surface area contributed by atoms with Crippen LogP contribution in [0.1, 0.15) is 32.6 Å². The highest BCUT2D eigenvalue weighted by atomic mass is 16.4. The minimum absolute atomic E-state index is 0.121. The summed E-state index contributed by atoms with van der Waals surface area (Å²) in [5.74, 6) is -0.0691. The number of nitrogens with one attached hydrogen (secondary N) is 1. The number of hydrogen-bond acceptors (Lipinski definition) is 4. The fourth-order valence-corrected chi connectivity index (χ4v) is 3.15. The Morgan fingerprint density at radius 3 is 3.05 bits per heavy atom. The second-order valence-electron chi connectivity index (χ2n) is 6.05. The molecule has 2 atom stereocenters. The molecule has 1 saturated carbocycles. The molecule has 0 aliphatic heterocycles. The van der Waals surface area contributed by atoms with Crippen LogP contribution >= 0.6 is 0 Å². The summed E-state index contributed by atoms with van der Waals surface area (Å²) in [7, 11) is 1.93. The normalized spacial score (nSPS) is 25.9. The molecule has 3 rings (SSSR count). The Morgan fingerprint density at radius 1 is 1.48 bits per heavy atom. The number of hydrogen-bond donors (Lipinski definition) is 2. The number of carboxylic acids is 1. The third-order valence-corrected chi connectivity index (χ3v) is 4.65. The number of imidazole rings is 1. The van der Waals surface area contributed by atoms with Gasteiger partial charge in [-0.3, -0.25) is 4.79 Å². The predicted octanol–water partition coefficient (Wildman–Crippen LogP) is 2.41. The van der Waals surface area contributed by atoms with Gasteiger partial charge in [0.1, 0.15) is 5.52 Å². The molecule has 0 radical (unpaired) electrons. The number of aromatic nitrogens is 3. The van der Waals surface area contributed by atoms with Gasteiger partial charge < -0.3 is 15.0 Å². The molecule has 1 aliphatic rings.